The first-order valence-electron chi connectivity index (χ1n) is 8.22. The smallest absolute Gasteiger partial charge is 0.159 e. The third kappa shape index (κ3) is 6.30. The van der Waals surface area contributed by atoms with Gasteiger partial charge < -0.3 is 0 Å². The lowest BCUT2D eigenvalue weighted by molar-refractivity contribution is 0.101. The Bertz CT molecular complexity index is 750. The summed E-state index contributed by atoms with van der Waals surface area (Å²) in [6, 6.07) is 10.7. The number of carbonyl (C=O) groups excluding carboxylic acids is 2. The summed E-state index contributed by atoms with van der Waals surface area (Å²) in [5, 5.41) is 1.47. The van der Waals surface area contributed by atoms with Crippen LogP contribution in [0.5, 0.6) is 0 Å². The minimum absolute atomic E-state index is 0.0820. The molecule has 0 aliphatic heterocycles. The largest absolute Gasteiger partial charge is 0.298 e. The Labute approximate surface area is 160 Å². The molecule has 0 saturated carbocycles. The van der Waals surface area contributed by atoms with Crippen LogP contribution in [0.25, 0.3) is 0 Å². The molecule has 2 rings (SSSR count). The van der Waals surface area contributed by atoms with Gasteiger partial charge in [-0.2, -0.15) is 0 Å². The Kier molecular flexibility index (Phi) is 8.34. The van der Waals surface area contributed by atoms with Gasteiger partial charge in [0, 0.05) is 21.2 Å². The van der Waals surface area contributed by atoms with E-state index in [0.717, 1.165) is 33.0 Å². The van der Waals surface area contributed by atoms with Gasteiger partial charge in [-0.3, -0.25) is 9.59 Å². The highest BCUT2D eigenvalue weighted by Crippen LogP contribution is 2.25. The molecule has 0 unspecified atom stereocenters. The summed E-state index contributed by atoms with van der Waals surface area (Å²) < 4.78 is 0. The molecule has 2 nitrogen and oxygen atoms in total. The van der Waals surface area contributed by atoms with Crippen LogP contribution in [0.2, 0.25) is 10.0 Å². The number of carbonyl (C=O) groups is 2. The van der Waals surface area contributed by atoms with Crippen molar-refractivity contribution in [1.29, 1.82) is 0 Å². The molecule has 4 heteroatoms. The number of aldehydes is 1. The Morgan fingerprint density at radius 2 is 1.36 bits per heavy atom. The van der Waals surface area contributed by atoms with Crippen LogP contribution >= 0.6 is 23.2 Å². The fourth-order valence-electron chi connectivity index (χ4n) is 2.28. The van der Waals surface area contributed by atoms with E-state index in [4.69, 9.17) is 23.2 Å². The zero-order valence-electron chi connectivity index (χ0n) is 15.3. The molecule has 0 saturated heterocycles. The van der Waals surface area contributed by atoms with E-state index in [1.165, 1.54) is 0 Å². The summed E-state index contributed by atoms with van der Waals surface area (Å²) in [7, 11) is 0. The summed E-state index contributed by atoms with van der Waals surface area (Å²) in [6.45, 7) is 9.79. The van der Waals surface area contributed by atoms with Crippen LogP contribution in [0.15, 0.2) is 36.4 Å². The average Bonchev–Trinajstić information content (AvgIpc) is 2.55. The zero-order chi connectivity index (χ0) is 19.1. The summed E-state index contributed by atoms with van der Waals surface area (Å²) in [4.78, 5) is 21.5. The number of Topliss-reactive ketones (excluding diaryl/α,β-unsaturated/α-hetero) is 1. The highest BCUT2D eigenvalue weighted by molar-refractivity contribution is 6.31. The van der Waals surface area contributed by atoms with Crippen molar-refractivity contribution in [1.82, 2.24) is 0 Å². The predicted molar refractivity (Wildman–Crippen MR) is 106 cm³/mol. The molecule has 0 bridgehead atoms. The van der Waals surface area contributed by atoms with Crippen molar-refractivity contribution in [2.45, 2.75) is 46.5 Å². The molecule has 0 aliphatic carbocycles. The lowest BCUT2D eigenvalue weighted by atomic mass is 9.99. The minimum atomic E-state index is 0.0820. The summed E-state index contributed by atoms with van der Waals surface area (Å²) in [5.41, 5.74) is 3.48. The second-order valence-electron chi connectivity index (χ2n) is 6.50. The van der Waals surface area contributed by atoms with Crippen molar-refractivity contribution >= 4 is 35.3 Å². The van der Waals surface area contributed by atoms with Gasteiger partial charge in [0.05, 0.1) is 0 Å². The van der Waals surface area contributed by atoms with Gasteiger partial charge in [0.25, 0.3) is 0 Å². The number of hydrogen-bond acceptors (Lipinski definition) is 2. The number of benzene rings is 2. The van der Waals surface area contributed by atoms with Gasteiger partial charge in [-0.25, -0.2) is 0 Å². The second-order valence-corrected chi connectivity index (χ2v) is 7.32. The first-order valence-corrected chi connectivity index (χ1v) is 8.98. The third-order valence-corrected chi connectivity index (χ3v) is 4.49. The van der Waals surface area contributed by atoms with Gasteiger partial charge in [-0.05, 0) is 60.2 Å². The van der Waals surface area contributed by atoms with Crippen LogP contribution in [-0.4, -0.2) is 12.1 Å². The maximum absolute atomic E-state index is 11.1. The maximum atomic E-state index is 11.1. The zero-order valence-corrected chi connectivity index (χ0v) is 16.8. The fourth-order valence-corrected chi connectivity index (χ4v) is 2.95. The molecule has 0 heterocycles. The van der Waals surface area contributed by atoms with Crippen LogP contribution in [0.4, 0.5) is 0 Å². The molecule has 2 aromatic carbocycles. The summed E-state index contributed by atoms with van der Waals surface area (Å²) in [6.07, 6.45) is 0.836. The van der Waals surface area contributed by atoms with Crippen LogP contribution < -0.4 is 0 Å². The Balaban J connectivity index is 0.000000251. The highest BCUT2D eigenvalue weighted by Gasteiger charge is 2.08. The standard InChI is InChI=1S/C11H13ClO.C10H11ClO/c1-7(2)10-6-9(8(3)13)4-5-11(10)12;1-7(2)9-5-8(6-12)3-4-10(9)11/h4-7H,1-3H3;3-7H,1-2H3. The molecule has 134 valence electrons. The van der Waals surface area contributed by atoms with Crippen molar-refractivity contribution in [3.63, 3.8) is 0 Å². The van der Waals surface area contributed by atoms with Crippen molar-refractivity contribution in [3.05, 3.63) is 68.7 Å². The Morgan fingerprint density at radius 1 is 0.880 bits per heavy atom. The van der Waals surface area contributed by atoms with Crippen molar-refractivity contribution in [2.75, 3.05) is 0 Å². The minimum Gasteiger partial charge on any atom is -0.298 e. The molecule has 0 radical (unpaired) electrons. The maximum Gasteiger partial charge on any atom is 0.159 e. The normalized spacial score (nSPS) is 10.4. The molecule has 0 aromatic heterocycles. The molecule has 0 N–H and O–H groups in total. The molecule has 0 amide bonds. The van der Waals surface area contributed by atoms with E-state index < -0.39 is 0 Å². The fraction of sp³-hybridized carbons (Fsp3) is 0.333. The van der Waals surface area contributed by atoms with E-state index in [1.807, 2.05) is 12.1 Å². The lowest BCUT2D eigenvalue weighted by Crippen LogP contribution is -1.96. The van der Waals surface area contributed by atoms with Gasteiger partial charge in [0.2, 0.25) is 0 Å². The quantitative estimate of drug-likeness (QED) is 0.426. The van der Waals surface area contributed by atoms with E-state index in [2.05, 4.69) is 27.7 Å². The third-order valence-electron chi connectivity index (χ3n) is 3.80. The molecule has 25 heavy (non-hydrogen) atoms. The van der Waals surface area contributed by atoms with Gasteiger partial charge in [-0.15, -0.1) is 0 Å². The van der Waals surface area contributed by atoms with Gasteiger partial charge in [0.1, 0.15) is 6.29 Å². The van der Waals surface area contributed by atoms with Crippen LogP contribution in [-0.2, 0) is 0 Å². The van der Waals surface area contributed by atoms with Crippen LogP contribution in [0, 0.1) is 0 Å². The average molecular weight is 379 g/mol. The highest BCUT2D eigenvalue weighted by atomic mass is 35.5. The van der Waals surface area contributed by atoms with E-state index >= 15 is 0 Å². The van der Waals surface area contributed by atoms with Crippen molar-refractivity contribution in [3.8, 4) is 0 Å². The first kappa shape index (κ1) is 21.4. The van der Waals surface area contributed by atoms with Crippen molar-refractivity contribution < 1.29 is 9.59 Å². The SMILES string of the molecule is CC(=O)c1ccc(Cl)c(C(C)C)c1.CC(C)c1cc(C=O)ccc1Cl. The Morgan fingerprint density at radius 3 is 1.80 bits per heavy atom. The molecule has 0 atom stereocenters. The number of rotatable bonds is 4. The van der Waals surface area contributed by atoms with Gasteiger partial charge in [-0.1, -0.05) is 57.0 Å². The summed E-state index contributed by atoms with van der Waals surface area (Å²) in [5.74, 6) is 0.794. The molecular formula is C21H24Cl2O2. The number of halogens is 2. The van der Waals surface area contributed by atoms with Gasteiger partial charge in [0.15, 0.2) is 5.78 Å². The number of hydrogen-bond donors (Lipinski definition) is 0. The molecule has 0 spiro atoms. The van der Waals surface area contributed by atoms with E-state index in [0.29, 0.717) is 17.4 Å². The molecule has 0 fully saturated rings. The monoisotopic (exact) mass is 378 g/mol. The first-order chi connectivity index (χ1) is 11.7. The van der Waals surface area contributed by atoms with Crippen LogP contribution in [0.1, 0.15) is 78.3 Å². The van der Waals surface area contributed by atoms with Crippen LogP contribution in [0.3, 0.4) is 0 Å². The van der Waals surface area contributed by atoms with E-state index in [-0.39, 0.29) is 5.78 Å². The molecule has 0 aliphatic rings. The van der Waals surface area contributed by atoms with Gasteiger partial charge >= 0.3 is 0 Å². The molecular weight excluding hydrogens is 355 g/mol. The second kappa shape index (κ2) is 9.74. The number of ketones is 1. The Hall–Kier alpha value is -1.64. The topological polar surface area (TPSA) is 34.1 Å². The predicted octanol–water partition coefficient (Wildman–Crippen LogP) is 6.94. The van der Waals surface area contributed by atoms with E-state index in [1.54, 1.807) is 31.2 Å². The van der Waals surface area contributed by atoms with E-state index in [9.17, 15) is 9.59 Å². The van der Waals surface area contributed by atoms with Crippen molar-refractivity contribution in [2.24, 2.45) is 0 Å². The molecule has 2 aromatic rings. The summed E-state index contributed by atoms with van der Waals surface area (Å²) >= 11 is 11.9. The lowest BCUT2D eigenvalue weighted by Gasteiger charge is -2.08.